The number of rotatable bonds is 10. The van der Waals surface area contributed by atoms with Crippen molar-refractivity contribution in [2.75, 3.05) is 20.1 Å². The molecule has 0 aromatic carbocycles. The number of nitrogens with one attached hydrogen (secondary N) is 1. The van der Waals surface area contributed by atoms with E-state index in [1.54, 1.807) is 0 Å². The van der Waals surface area contributed by atoms with Crippen LogP contribution < -0.4 is 5.32 Å². The zero-order valence-corrected chi connectivity index (χ0v) is 13.2. The largest absolute Gasteiger partial charge is 0.306 e. The van der Waals surface area contributed by atoms with Crippen molar-refractivity contribution in [1.82, 2.24) is 10.2 Å². The molecule has 0 heterocycles. The van der Waals surface area contributed by atoms with Crippen molar-refractivity contribution < 1.29 is 0 Å². The molecule has 1 N–H and O–H groups in total. The Morgan fingerprint density at radius 3 is 2.53 bits per heavy atom. The molecule has 0 aromatic heterocycles. The van der Waals surface area contributed by atoms with E-state index in [4.69, 9.17) is 0 Å². The van der Waals surface area contributed by atoms with Crippen LogP contribution >= 0.6 is 0 Å². The van der Waals surface area contributed by atoms with Crippen molar-refractivity contribution in [3.05, 3.63) is 0 Å². The summed E-state index contributed by atoms with van der Waals surface area (Å²) in [5, 5.41) is 13.0. The Morgan fingerprint density at radius 2 is 2.05 bits per heavy atom. The summed E-state index contributed by atoms with van der Waals surface area (Å²) < 4.78 is 0. The topological polar surface area (TPSA) is 39.1 Å². The third kappa shape index (κ3) is 6.40. The summed E-state index contributed by atoms with van der Waals surface area (Å²) in [6.07, 6.45) is 6.75. The van der Waals surface area contributed by atoms with E-state index in [0.717, 1.165) is 31.7 Å². The van der Waals surface area contributed by atoms with Gasteiger partial charge in [-0.2, -0.15) is 5.26 Å². The van der Waals surface area contributed by atoms with Crippen LogP contribution in [0.25, 0.3) is 0 Å². The van der Waals surface area contributed by atoms with Gasteiger partial charge in [0.1, 0.15) is 5.54 Å². The second kappa shape index (κ2) is 7.87. The van der Waals surface area contributed by atoms with Crippen LogP contribution in [0.2, 0.25) is 0 Å². The average Bonchev–Trinajstić information content (AvgIpc) is 3.19. The normalized spacial score (nSPS) is 18.6. The summed E-state index contributed by atoms with van der Waals surface area (Å²) in [4.78, 5) is 2.40. The van der Waals surface area contributed by atoms with Crippen molar-refractivity contribution in [2.45, 2.75) is 70.9 Å². The van der Waals surface area contributed by atoms with E-state index in [1.807, 2.05) is 0 Å². The third-order valence-electron chi connectivity index (χ3n) is 4.11. The lowest BCUT2D eigenvalue weighted by Gasteiger charge is -2.28. The van der Waals surface area contributed by atoms with Crippen LogP contribution in [0, 0.1) is 17.2 Å². The molecule has 0 aliphatic heterocycles. The SMILES string of the molecule is CCC(C#N)(CCCN(C)CCC(C)C)NC1CC1. The third-order valence-corrected chi connectivity index (χ3v) is 4.11. The highest BCUT2D eigenvalue weighted by Gasteiger charge is 2.34. The Hall–Kier alpha value is -0.590. The first-order valence-corrected chi connectivity index (χ1v) is 7.89. The van der Waals surface area contributed by atoms with Gasteiger partial charge in [-0.05, 0) is 64.6 Å². The van der Waals surface area contributed by atoms with Gasteiger partial charge in [0.05, 0.1) is 6.07 Å². The van der Waals surface area contributed by atoms with Gasteiger partial charge >= 0.3 is 0 Å². The summed E-state index contributed by atoms with van der Waals surface area (Å²) in [7, 11) is 2.19. The molecule has 1 rings (SSSR count). The first kappa shape index (κ1) is 16.5. The molecule has 0 aromatic rings. The Morgan fingerprint density at radius 1 is 1.37 bits per heavy atom. The van der Waals surface area contributed by atoms with E-state index in [9.17, 15) is 5.26 Å². The van der Waals surface area contributed by atoms with Crippen LogP contribution in [0.1, 0.15) is 59.3 Å². The zero-order chi connectivity index (χ0) is 14.3. The molecule has 0 radical (unpaired) electrons. The fraction of sp³-hybridized carbons (Fsp3) is 0.938. The lowest BCUT2D eigenvalue weighted by atomic mass is 9.91. The van der Waals surface area contributed by atoms with Gasteiger partial charge in [0.2, 0.25) is 0 Å². The molecule has 0 spiro atoms. The number of nitriles is 1. The lowest BCUT2D eigenvalue weighted by molar-refractivity contribution is 0.280. The molecule has 1 atom stereocenters. The zero-order valence-electron chi connectivity index (χ0n) is 13.2. The maximum Gasteiger partial charge on any atom is 0.106 e. The van der Waals surface area contributed by atoms with E-state index in [2.05, 4.69) is 44.1 Å². The second-order valence-electron chi connectivity index (χ2n) is 6.56. The van der Waals surface area contributed by atoms with Crippen LogP contribution in [0.15, 0.2) is 0 Å². The molecule has 3 heteroatoms. The minimum Gasteiger partial charge on any atom is -0.306 e. The van der Waals surface area contributed by atoms with Crippen LogP contribution in [-0.2, 0) is 0 Å². The quantitative estimate of drug-likeness (QED) is 0.659. The molecule has 1 fully saturated rings. The maximum absolute atomic E-state index is 9.47. The van der Waals surface area contributed by atoms with Crippen LogP contribution in [-0.4, -0.2) is 36.6 Å². The van der Waals surface area contributed by atoms with Gasteiger partial charge in [-0.25, -0.2) is 0 Å². The van der Waals surface area contributed by atoms with Gasteiger partial charge in [-0.1, -0.05) is 20.8 Å². The lowest BCUT2D eigenvalue weighted by Crippen LogP contribution is -2.45. The highest BCUT2D eigenvalue weighted by Crippen LogP contribution is 2.26. The molecular weight excluding hydrogens is 234 g/mol. The predicted molar refractivity (Wildman–Crippen MR) is 81.0 cm³/mol. The molecule has 1 saturated carbocycles. The van der Waals surface area contributed by atoms with E-state index < -0.39 is 0 Å². The molecular formula is C16H31N3. The molecule has 110 valence electrons. The van der Waals surface area contributed by atoms with E-state index in [1.165, 1.54) is 25.8 Å². The van der Waals surface area contributed by atoms with Gasteiger partial charge in [-0.15, -0.1) is 0 Å². The van der Waals surface area contributed by atoms with Gasteiger partial charge < -0.3 is 4.90 Å². The summed E-state index contributed by atoms with van der Waals surface area (Å²) in [6.45, 7) is 8.93. The predicted octanol–water partition coefficient (Wildman–Crippen LogP) is 3.17. The van der Waals surface area contributed by atoms with Crippen molar-refractivity contribution in [3.63, 3.8) is 0 Å². The first-order chi connectivity index (χ1) is 9.01. The first-order valence-electron chi connectivity index (χ1n) is 7.89. The maximum atomic E-state index is 9.47. The number of hydrogen-bond acceptors (Lipinski definition) is 3. The minimum absolute atomic E-state index is 0.278. The van der Waals surface area contributed by atoms with Gasteiger partial charge in [-0.3, -0.25) is 5.32 Å². The van der Waals surface area contributed by atoms with Crippen LogP contribution in [0.5, 0.6) is 0 Å². The van der Waals surface area contributed by atoms with Gasteiger partial charge in [0, 0.05) is 6.04 Å². The van der Waals surface area contributed by atoms with Crippen molar-refractivity contribution in [2.24, 2.45) is 5.92 Å². The van der Waals surface area contributed by atoms with Crippen LogP contribution in [0.4, 0.5) is 0 Å². The highest BCUT2D eigenvalue weighted by atomic mass is 15.1. The monoisotopic (exact) mass is 265 g/mol. The highest BCUT2D eigenvalue weighted by molar-refractivity contribution is 5.09. The Balaban J connectivity index is 2.25. The molecule has 0 bridgehead atoms. The molecule has 3 nitrogen and oxygen atoms in total. The van der Waals surface area contributed by atoms with Crippen LogP contribution in [0.3, 0.4) is 0 Å². The average molecular weight is 265 g/mol. The summed E-state index contributed by atoms with van der Waals surface area (Å²) >= 11 is 0. The standard InChI is InChI=1S/C16H31N3/c1-5-16(13-17,18-15-7-8-15)10-6-11-19(4)12-9-14(2)3/h14-15,18H,5-12H2,1-4H3. The summed E-state index contributed by atoms with van der Waals surface area (Å²) in [5.74, 6) is 0.771. The van der Waals surface area contributed by atoms with E-state index >= 15 is 0 Å². The molecule has 0 amide bonds. The molecule has 0 saturated heterocycles. The van der Waals surface area contributed by atoms with Gasteiger partial charge in [0.25, 0.3) is 0 Å². The fourth-order valence-electron chi connectivity index (χ4n) is 2.38. The Labute approximate surface area is 119 Å². The summed E-state index contributed by atoms with van der Waals surface area (Å²) in [6, 6.07) is 3.14. The molecule has 1 unspecified atom stereocenters. The van der Waals surface area contributed by atoms with Crippen molar-refractivity contribution in [1.29, 1.82) is 5.26 Å². The number of hydrogen-bond donors (Lipinski definition) is 1. The second-order valence-corrected chi connectivity index (χ2v) is 6.56. The number of nitrogens with zero attached hydrogens (tertiary/aromatic N) is 2. The smallest absolute Gasteiger partial charge is 0.106 e. The summed E-state index contributed by atoms with van der Waals surface area (Å²) in [5.41, 5.74) is -0.278. The Bertz CT molecular complexity index is 291. The minimum atomic E-state index is -0.278. The van der Waals surface area contributed by atoms with E-state index in [0.29, 0.717) is 6.04 Å². The van der Waals surface area contributed by atoms with Gasteiger partial charge in [0.15, 0.2) is 0 Å². The molecule has 19 heavy (non-hydrogen) atoms. The molecule has 1 aliphatic rings. The van der Waals surface area contributed by atoms with Crippen molar-refractivity contribution in [3.8, 4) is 6.07 Å². The Kier molecular flexibility index (Phi) is 6.82. The fourth-order valence-corrected chi connectivity index (χ4v) is 2.38. The van der Waals surface area contributed by atoms with Crippen molar-refractivity contribution >= 4 is 0 Å². The van der Waals surface area contributed by atoms with E-state index in [-0.39, 0.29) is 5.54 Å². The molecule has 1 aliphatic carbocycles.